The first kappa shape index (κ1) is 22.8. The summed E-state index contributed by atoms with van der Waals surface area (Å²) in [6, 6.07) is 30.3. The number of nitrogens with one attached hydrogen (secondary N) is 1. The zero-order chi connectivity index (χ0) is 23.0. The number of methoxy groups -OCH3 is 1. The minimum Gasteiger partial charge on any atom is -0.496 e. The molecular formula is C27H22ClNO3S. The van der Waals surface area contributed by atoms with Crippen LogP contribution in [0, 0.1) is 0 Å². The monoisotopic (exact) mass is 475 g/mol. The van der Waals surface area contributed by atoms with Crippen LogP contribution in [0.15, 0.2) is 107 Å². The lowest BCUT2D eigenvalue weighted by Crippen LogP contribution is -2.13. The summed E-state index contributed by atoms with van der Waals surface area (Å²) in [4.78, 5) is 15.1. The fraction of sp³-hybridized carbons (Fsp3) is 0.0741. The smallest absolute Gasteiger partial charge is 0.255 e. The Labute approximate surface area is 202 Å². The number of carbonyl (C=O) groups excluding carboxylic acids is 1. The van der Waals surface area contributed by atoms with E-state index >= 15 is 0 Å². The molecule has 0 saturated carbocycles. The first-order valence-corrected chi connectivity index (χ1v) is 11.5. The van der Waals surface area contributed by atoms with Crippen LogP contribution >= 0.6 is 23.4 Å². The molecule has 33 heavy (non-hydrogen) atoms. The maximum absolute atomic E-state index is 13.1. The maximum atomic E-state index is 13.1. The number of benzene rings is 4. The number of ether oxygens (including phenoxy) is 2. The van der Waals surface area contributed by atoms with Gasteiger partial charge in [0.15, 0.2) is 0 Å². The van der Waals surface area contributed by atoms with Gasteiger partial charge in [-0.15, -0.1) is 0 Å². The van der Waals surface area contributed by atoms with E-state index in [0.717, 1.165) is 21.0 Å². The van der Waals surface area contributed by atoms with E-state index < -0.39 is 0 Å². The predicted octanol–water partition coefficient (Wildman–Crippen LogP) is 7.33. The Kier molecular flexibility index (Phi) is 7.55. The number of hydrogen-bond acceptors (Lipinski definition) is 4. The number of para-hydroxylation sites is 2. The molecule has 1 amide bonds. The van der Waals surface area contributed by atoms with Gasteiger partial charge < -0.3 is 14.8 Å². The molecule has 0 aromatic heterocycles. The van der Waals surface area contributed by atoms with Gasteiger partial charge >= 0.3 is 0 Å². The number of amides is 1. The van der Waals surface area contributed by atoms with Gasteiger partial charge in [-0.05, 0) is 54.6 Å². The Balaban J connectivity index is 1.52. The van der Waals surface area contributed by atoms with Crippen molar-refractivity contribution < 1.29 is 14.3 Å². The molecule has 4 rings (SSSR count). The van der Waals surface area contributed by atoms with Crippen molar-refractivity contribution in [1.29, 1.82) is 0 Å². The van der Waals surface area contributed by atoms with Crippen LogP contribution in [0.25, 0.3) is 0 Å². The van der Waals surface area contributed by atoms with Crippen molar-refractivity contribution in [2.75, 3.05) is 12.4 Å². The highest BCUT2D eigenvalue weighted by Gasteiger charge is 2.14. The average Bonchev–Trinajstić information content (AvgIpc) is 2.85. The van der Waals surface area contributed by atoms with E-state index in [1.54, 1.807) is 49.2 Å². The molecule has 0 aliphatic carbocycles. The van der Waals surface area contributed by atoms with E-state index in [1.165, 1.54) is 0 Å². The zero-order valence-corrected chi connectivity index (χ0v) is 19.5. The molecule has 166 valence electrons. The summed E-state index contributed by atoms with van der Waals surface area (Å²) in [6.45, 7) is 0.217. The molecule has 0 heterocycles. The summed E-state index contributed by atoms with van der Waals surface area (Å²) in [5.74, 6) is 0.999. The molecule has 0 radical (unpaired) electrons. The van der Waals surface area contributed by atoms with Crippen LogP contribution in [-0.2, 0) is 6.61 Å². The van der Waals surface area contributed by atoms with Crippen LogP contribution in [0.4, 0.5) is 5.69 Å². The van der Waals surface area contributed by atoms with Crippen LogP contribution < -0.4 is 14.8 Å². The summed E-state index contributed by atoms with van der Waals surface area (Å²) in [7, 11) is 1.59. The first-order chi connectivity index (χ1) is 16.1. The molecule has 0 spiro atoms. The Morgan fingerprint density at radius 3 is 2.39 bits per heavy atom. The maximum Gasteiger partial charge on any atom is 0.255 e. The largest absolute Gasteiger partial charge is 0.496 e. The second-order valence-electron chi connectivity index (χ2n) is 7.11. The minimum atomic E-state index is -0.210. The van der Waals surface area contributed by atoms with Gasteiger partial charge in [0, 0.05) is 20.9 Å². The van der Waals surface area contributed by atoms with Crippen molar-refractivity contribution in [2.45, 2.75) is 16.4 Å². The fourth-order valence-electron chi connectivity index (χ4n) is 3.22. The third kappa shape index (κ3) is 5.89. The fourth-order valence-corrected chi connectivity index (χ4v) is 4.33. The Hall–Kier alpha value is -3.41. The number of carbonyl (C=O) groups is 1. The number of rotatable bonds is 8. The van der Waals surface area contributed by atoms with Crippen molar-refractivity contribution in [3.8, 4) is 11.5 Å². The molecule has 0 saturated heterocycles. The SMILES string of the molecule is COc1ccc(C(=O)Nc2ccccc2Sc2ccccc2)cc1COc1ccccc1Cl. The standard InChI is InChI=1S/C27H22ClNO3S/c1-31-24-16-15-19(17-20(24)18-32-25-13-7-5-11-22(25)28)27(30)29-23-12-6-8-14-26(23)33-21-9-3-2-4-10-21/h2-17H,18H2,1H3,(H,29,30). The van der Waals surface area contributed by atoms with Crippen molar-refractivity contribution in [3.05, 3.63) is 113 Å². The lowest BCUT2D eigenvalue weighted by molar-refractivity contribution is 0.102. The van der Waals surface area contributed by atoms with Crippen LogP contribution in [-0.4, -0.2) is 13.0 Å². The zero-order valence-electron chi connectivity index (χ0n) is 18.0. The normalized spacial score (nSPS) is 10.5. The third-order valence-electron chi connectivity index (χ3n) is 4.87. The van der Waals surface area contributed by atoms with Gasteiger partial charge in [0.25, 0.3) is 5.91 Å². The summed E-state index contributed by atoms with van der Waals surface area (Å²) in [5, 5.41) is 3.56. The van der Waals surface area contributed by atoms with Crippen molar-refractivity contribution in [3.63, 3.8) is 0 Å². The van der Waals surface area contributed by atoms with Gasteiger partial charge in [-0.3, -0.25) is 4.79 Å². The predicted molar refractivity (Wildman–Crippen MR) is 134 cm³/mol. The lowest BCUT2D eigenvalue weighted by atomic mass is 10.1. The summed E-state index contributed by atoms with van der Waals surface area (Å²) in [5.41, 5.74) is 2.01. The van der Waals surface area contributed by atoms with Crippen LogP contribution in [0.2, 0.25) is 5.02 Å². The van der Waals surface area contributed by atoms with E-state index in [2.05, 4.69) is 5.32 Å². The molecule has 0 aliphatic heterocycles. The molecule has 0 atom stereocenters. The topological polar surface area (TPSA) is 47.6 Å². The van der Waals surface area contributed by atoms with Crippen LogP contribution in [0.3, 0.4) is 0 Å². The lowest BCUT2D eigenvalue weighted by Gasteiger charge is -2.14. The highest BCUT2D eigenvalue weighted by molar-refractivity contribution is 7.99. The Bertz CT molecular complexity index is 1250. The number of hydrogen-bond donors (Lipinski definition) is 1. The van der Waals surface area contributed by atoms with Crippen molar-refractivity contribution >= 4 is 35.0 Å². The minimum absolute atomic E-state index is 0.210. The quantitative estimate of drug-likeness (QED) is 0.290. The molecule has 1 N–H and O–H groups in total. The third-order valence-corrected chi connectivity index (χ3v) is 6.26. The van der Waals surface area contributed by atoms with Gasteiger partial charge in [0.2, 0.25) is 0 Å². The van der Waals surface area contributed by atoms with E-state index in [4.69, 9.17) is 21.1 Å². The second kappa shape index (κ2) is 10.9. The van der Waals surface area contributed by atoms with E-state index in [-0.39, 0.29) is 12.5 Å². The first-order valence-electron chi connectivity index (χ1n) is 10.3. The highest BCUT2D eigenvalue weighted by atomic mass is 35.5. The van der Waals surface area contributed by atoms with E-state index in [0.29, 0.717) is 22.1 Å². The molecule has 0 bridgehead atoms. The van der Waals surface area contributed by atoms with E-state index in [1.807, 2.05) is 66.7 Å². The Morgan fingerprint density at radius 1 is 0.879 bits per heavy atom. The van der Waals surface area contributed by atoms with E-state index in [9.17, 15) is 4.79 Å². The van der Waals surface area contributed by atoms with Crippen molar-refractivity contribution in [1.82, 2.24) is 0 Å². The summed E-state index contributed by atoms with van der Waals surface area (Å²) >= 11 is 7.79. The van der Waals surface area contributed by atoms with Crippen LogP contribution in [0.1, 0.15) is 15.9 Å². The number of anilines is 1. The molecule has 6 heteroatoms. The Morgan fingerprint density at radius 2 is 1.61 bits per heavy atom. The van der Waals surface area contributed by atoms with Gasteiger partial charge in [-0.25, -0.2) is 0 Å². The molecule has 4 aromatic carbocycles. The van der Waals surface area contributed by atoms with Gasteiger partial charge in [-0.1, -0.05) is 65.8 Å². The molecule has 0 unspecified atom stereocenters. The molecule has 0 aliphatic rings. The summed E-state index contributed by atoms with van der Waals surface area (Å²) in [6.07, 6.45) is 0. The molecular weight excluding hydrogens is 454 g/mol. The molecule has 0 fully saturated rings. The van der Waals surface area contributed by atoms with Crippen LogP contribution in [0.5, 0.6) is 11.5 Å². The number of halogens is 1. The summed E-state index contributed by atoms with van der Waals surface area (Å²) < 4.78 is 11.3. The molecule has 4 aromatic rings. The average molecular weight is 476 g/mol. The van der Waals surface area contributed by atoms with Crippen molar-refractivity contribution in [2.24, 2.45) is 0 Å². The van der Waals surface area contributed by atoms with Gasteiger partial charge in [-0.2, -0.15) is 0 Å². The van der Waals surface area contributed by atoms with Gasteiger partial charge in [0.05, 0.1) is 17.8 Å². The van der Waals surface area contributed by atoms with Gasteiger partial charge in [0.1, 0.15) is 18.1 Å². The highest BCUT2D eigenvalue weighted by Crippen LogP contribution is 2.33. The second-order valence-corrected chi connectivity index (χ2v) is 8.63. The molecule has 4 nitrogen and oxygen atoms in total.